The van der Waals surface area contributed by atoms with E-state index in [2.05, 4.69) is 9.46 Å². The molecule has 0 radical (unpaired) electrons. The van der Waals surface area contributed by atoms with Gasteiger partial charge in [0.2, 0.25) is 10.0 Å². The van der Waals surface area contributed by atoms with Crippen LogP contribution in [-0.2, 0) is 14.8 Å². The van der Waals surface area contributed by atoms with Gasteiger partial charge in [0.15, 0.2) is 0 Å². The largest absolute Gasteiger partial charge is 0.465 e. The highest BCUT2D eigenvalue weighted by Gasteiger charge is 2.20. The predicted octanol–water partition coefficient (Wildman–Crippen LogP) is 2.59. The van der Waals surface area contributed by atoms with Gasteiger partial charge in [-0.2, -0.15) is 0 Å². The number of hydrogen-bond donors (Lipinski definition) is 1. The molecule has 0 aliphatic rings. The van der Waals surface area contributed by atoms with Gasteiger partial charge in [-0.1, -0.05) is 24.9 Å². The van der Waals surface area contributed by atoms with Crippen molar-refractivity contribution in [3.63, 3.8) is 0 Å². The van der Waals surface area contributed by atoms with Gasteiger partial charge in [0.1, 0.15) is 0 Å². The first-order valence-corrected chi connectivity index (χ1v) is 8.08. The molecular formula is C13H18ClNO4S. The Morgan fingerprint density at radius 3 is 2.65 bits per heavy atom. The molecule has 20 heavy (non-hydrogen) atoms. The zero-order valence-corrected chi connectivity index (χ0v) is 13.2. The van der Waals surface area contributed by atoms with Gasteiger partial charge in [0, 0.05) is 6.04 Å². The maximum absolute atomic E-state index is 12.2. The smallest absolute Gasteiger partial charge is 0.339 e. The summed E-state index contributed by atoms with van der Waals surface area (Å²) in [5.41, 5.74) is 0.0280. The van der Waals surface area contributed by atoms with Crippen molar-refractivity contribution in [1.82, 2.24) is 4.72 Å². The first kappa shape index (κ1) is 16.9. The summed E-state index contributed by atoms with van der Waals surface area (Å²) in [7, 11) is -2.47. The number of carbonyl (C=O) groups is 1. The summed E-state index contributed by atoms with van der Waals surface area (Å²) in [5.74, 6) is -0.673. The molecule has 0 fully saturated rings. The highest BCUT2D eigenvalue weighted by atomic mass is 35.5. The fourth-order valence-electron chi connectivity index (χ4n) is 1.76. The zero-order valence-electron chi connectivity index (χ0n) is 11.6. The van der Waals surface area contributed by atoms with E-state index in [1.54, 1.807) is 6.92 Å². The molecule has 0 aromatic heterocycles. The molecule has 0 spiro atoms. The van der Waals surface area contributed by atoms with Crippen LogP contribution in [0.1, 0.15) is 37.0 Å². The summed E-state index contributed by atoms with van der Waals surface area (Å²) in [6.07, 6.45) is 1.61. The molecule has 0 heterocycles. The third kappa shape index (κ3) is 4.19. The maximum atomic E-state index is 12.2. The zero-order chi connectivity index (χ0) is 15.3. The standard InChI is InChI=1S/C13H18ClNO4S/c1-4-5-9(2)15-20(17,18)10-6-7-12(14)11(8-10)13(16)19-3/h6-9,15H,4-5H2,1-3H3. The lowest BCUT2D eigenvalue weighted by atomic mass is 10.2. The van der Waals surface area contributed by atoms with Gasteiger partial charge in [-0.25, -0.2) is 17.9 Å². The Hall–Kier alpha value is -1.11. The van der Waals surface area contributed by atoms with Crippen molar-refractivity contribution in [2.75, 3.05) is 7.11 Å². The van der Waals surface area contributed by atoms with Crippen LogP contribution in [-0.4, -0.2) is 27.5 Å². The molecule has 1 rings (SSSR count). The number of methoxy groups -OCH3 is 1. The van der Waals surface area contributed by atoms with Gasteiger partial charge < -0.3 is 4.74 Å². The van der Waals surface area contributed by atoms with Crippen molar-refractivity contribution in [2.24, 2.45) is 0 Å². The van der Waals surface area contributed by atoms with Crippen LogP contribution in [0.4, 0.5) is 0 Å². The fourth-order valence-corrected chi connectivity index (χ4v) is 3.26. The van der Waals surface area contributed by atoms with Crippen molar-refractivity contribution < 1.29 is 17.9 Å². The van der Waals surface area contributed by atoms with Crippen LogP contribution in [0.5, 0.6) is 0 Å². The Balaban J connectivity index is 3.10. The van der Waals surface area contributed by atoms with E-state index in [0.717, 1.165) is 12.8 Å². The quantitative estimate of drug-likeness (QED) is 0.818. The van der Waals surface area contributed by atoms with Crippen LogP contribution in [0.15, 0.2) is 23.1 Å². The Morgan fingerprint density at radius 2 is 2.10 bits per heavy atom. The minimum Gasteiger partial charge on any atom is -0.465 e. The minimum absolute atomic E-state index is 0.00902. The minimum atomic E-state index is -3.68. The Bertz CT molecular complexity index is 586. The second-order valence-corrected chi connectivity index (χ2v) is 6.57. The number of carbonyl (C=O) groups excluding carboxylic acids is 1. The summed E-state index contributed by atoms with van der Waals surface area (Å²) >= 11 is 5.86. The molecular weight excluding hydrogens is 302 g/mol. The summed E-state index contributed by atoms with van der Waals surface area (Å²) in [4.78, 5) is 11.5. The monoisotopic (exact) mass is 319 g/mol. The van der Waals surface area contributed by atoms with E-state index in [1.807, 2.05) is 6.92 Å². The Morgan fingerprint density at radius 1 is 1.45 bits per heavy atom. The lowest BCUT2D eigenvalue weighted by molar-refractivity contribution is 0.0600. The number of rotatable bonds is 6. The molecule has 5 nitrogen and oxygen atoms in total. The number of halogens is 1. The first-order valence-electron chi connectivity index (χ1n) is 6.22. The number of nitrogens with one attached hydrogen (secondary N) is 1. The van der Waals surface area contributed by atoms with Gasteiger partial charge in [0.05, 0.1) is 22.6 Å². The average molecular weight is 320 g/mol. The van der Waals surface area contributed by atoms with Crippen LogP contribution in [0.2, 0.25) is 5.02 Å². The summed E-state index contributed by atoms with van der Waals surface area (Å²) in [6.45, 7) is 3.76. The highest BCUT2D eigenvalue weighted by molar-refractivity contribution is 7.89. The summed E-state index contributed by atoms with van der Waals surface area (Å²) < 4.78 is 31.5. The molecule has 0 bridgehead atoms. The van der Waals surface area contributed by atoms with Crippen molar-refractivity contribution in [3.05, 3.63) is 28.8 Å². The molecule has 1 aromatic carbocycles. The van der Waals surface area contributed by atoms with Crippen molar-refractivity contribution in [3.8, 4) is 0 Å². The molecule has 1 aromatic rings. The molecule has 1 N–H and O–H groups in total. The molecule has 0 saturated heterocycles. The van der Waals surface area contributed by atoms with Crippen LogP contribution in [0, 0.1) is 0 Å². The van der Waals surface area contributed by atoms with Crippen LogP contribution in [0.25, 0.3) is 0 Å². The maximum Gasteiger partial charge on any atom is 0.339 e. The molecule has 0 aliphatic carbocycles. The van der Waals surface area contributed by atoms with E-state index in [-0.39, 0.29) is 21.5 Å². The molecule has 112 valence electrons. The van der Waals surface area contributed by atoms with E-state index in [1.165, 1.54) is 25.3 Å². The number of esters is 1. The third-order valence-corrected chi connectivity index (χ3v) is 4.65. The van der Waals surface area contributed by atoms with Gasteiger partial charge in [-0.05, 0) is 31.5 Å². The van der Waals surface area contributed by atoms with Crippen molar-refractivity contribution in [1.29, 1.82) is 0 Å². The lowest BCUT2D eigenvalue weighted by Crippen LogP contribution is -2.32. The van der Waals surface area contributed by atoms with E-state index >= 15 is 0 Å². The molecule has 0 saturated carbocycles. The van der Waals surface area contributed by atoms with Crippen LogP contribution < -0.4 is 4.72 Å². The predicted molar refractivity (Wildman–Crippen MR) is 77.5 cm³/mol. The number of sulfonamides is 1. The van der Waals surface area contributed by atoms with Crippen LogP contribution in [0.3, 0.4) is 0 Å². The Kier molecular flexibility index (Phi) is 5.98. The molecule has 7 heteroatoms. The molecule has 0 aliphatic heterocycles. The molecule has 0 amide bonds. The van der Waals surface area contributed by atoms with Gasteiger partial charge >= 0.3 is 5.97 Å². The summed E-state index contributed by atoms with van der Waals surface area (Å²) in [6, 6.07) is 3.76. The van der Waals surface area contributed by atoms with Gasteiger partial charge in [-0.15, -0.1) is 0 Å². The molecule has 1 unspecified atom stereocenters. The number of ether oxygens (including phenoxy) is 1. The van der Waals surface area contributed by atoms with Crippen LogP contribution >= 0.6 is 11.6 Å². The van der Waals surface area contributed by atoms with E-state index in [0.29, 0.717) is 0 Å². The first-order chi connectivity index (χ1) is 9.31. The second-order valence-electron chi connectivity index (χ2n) is 4.44. The SMILES string of the molecule is CCCC(C)NS(=O)(=O)c1ccc(Cl)c(C(=O)OC)c1. The highest BCUT2D eigenvalue weighted by Crippen LogP contribution is 2.21. The van der Waals surface area contributed by atoms with Gasteiger partial charge in [-0.3, -0.25) is 0 Å². The van der Waals surface area contributed by atoms with Crippen molar-refractivity contribution in [2.45, 2.75) is 37.6 Å². The topological polar surface area (TPSA) is 72.5 Å². The second kappa shape index (κ2) is 7.06. The lowest BCUT2D eigenvalue weighted by Gasteiger charge is -2.14. The number of hydrogen-bond acceptors (Lipinski definition) is 4. The number of benzene rings is 1. The van der Waals surface area contributed by atoms with E-state index in [4.69, 9.17) is 11.6 Å². The van der Waals surface area contributed by atoms with Gasteiger partial charge in [0.25, 0.3) is 0 Å². The fraction of sp³-hybridized carbons (Fsp3) is 0.462. The van der Waals surface area contributed by atoms with Crippen molar-refractivity contribution >= 4 is 27.6 Å². The normalized spacial score (nSPS) is 13.0. The van der Waals surface area contributed by atoms with E-state index < -0.39 is 16.0 Å². The molecule has 1 atom stereocenters. The van der Waals surface area contributed by atoms with E-state index in [9.17, 15) is 13.2 Å². The Labute approximate surface area is 124 Å². The average Bonchev–Trinajstić information content (AvgIpc) is 2.37. The summed E-state index contributed by atoms with van der Waals surface area (Å²) in [5, 5.41) is 0.150. The third-order valence-electron chi connectivity index (χ3n) is 2.73.